The Hall–Kier alpha value is -1.45. The summed E-state index contributed by atoms with van der Waals surface area (Å²) >= 11 is 0. The van der Waals surface area contributed by atoms with Crippen molar-refractivity contribution in [1.29, 1.82) is 0 Å². The lowest BCUT2D eigenvalue weighted by Gasteiger charge is -2.25. The van der Waals surface area contributed by atoms with E-state index >= 15 is 0 Å². The Labute approximate surface area is 86.3 Å². The number of carbonyl (C=O) groups is 1. The van der Waals surface area contributed by atoms with Gasteiger partial charge in [-0.3, -0.25) is 4.79 Å². The van der Waals surface area contributed by atoms with Crippen LogP contribution < -0.4 is 5.32 Å². The molecule has 1 aromatic carbocycles. The maximum absolute atomic E-state index is 13.5. The Kier molecular flexibility index (Phi) is 2.42. The van der Waals surface area contributed by atoms with Crippen LogP contribution in [0.5, 0.6) is 0 Å². The van der Waals surface area contributed by atoms with Crippen LogP contribution in [-0.4, -0.2) is 12.5 Å². The zero-order valence-corrected chi connectivity index (χ0v) is 8.31. The lowest BCUT2D eigenvalue weighted by Crippen LogP contribution is -2.35. The van der Waals surface area contributed by atoms with Crippen LogP contribution in [-0.2, 0) is 0 Å². The van der Waals surface area contributed by atoms with Crippen LogP contribution in [0, 0.1) is 11.6 Å². The van der Waals surface area contributed by atoms with Crippen molar-refractivity contribution in [2.75, 3.05) is 6.54 Å². The summed E-state index contributed by atoms with van der Waals surface area (Å²) in [5, 5.41) is 2.62. The maximum Gasteiger partial charge on any atom is 0.251 e. The van der Waals surface area contributed by atoms with Crippen LogP contribution in [0.1, 0.15) is 35.2 Å². The van der Waals surface area contributed by atoms with E-state index in [1.165, 1.54) is 0 Å². The molecule has 4 heteroatoms. The lowest BCUT2D eigenvalue weighted by atomic mass is 9.88. The van der Waals surface area contributed by atoms with Crippen molar-refractivity contribution in [3.8, 4) is 0 Å². The lowest BCUT2D eigenvalue weighted by molar-refractivity contribution is 0.0937. The van der Waals surface area contributed by atoms with Crippen LogP contribution >= 0.6 is 0 Å². The minimum absolute atomic E-state index is 0.0571. The van der Waals surface area contributed by atoms with Gasteiger partial charge in [-0.25, -0.2) is 8.78 Å². The number of hydrogen-bond donors (Lipinski definition) is 1. The first kappa shape index (κ1) is 10.1. The molecular weight excluding hydrogens is 200 g/mol. The summed E-state index contributed by atoms with van der Waals surface area (Å²) in [6.07, 6.45) is 0.718. The third-order valence-corrected chi connectivity index (χ3v) is 2.75. The highest BCUT2D eigenvalue weighted by molar-refractivity contribution is 5.97. The SMILES string of the molecule is CCC1CNC(=O)c2cc(F)cc(F)c21. The van der Waals surface area contributed by atoms with Gasteiger partial charge >= 0.3 is 0 Å². The number of halogens is 2. The molecule has 1 unspecified atom stereocenters. The molecule has 1 aliphatic rings. The first-order valence-electron chi connectivity index (χ1n) is 4.90. The van der Waals surface area contributed by atoms with Crippen molar-refractivity contribution >= 4 is 5.91 Å². The molecule has 1 aromatic rings. The molecule has 80 valence electrons. The van der Waals surface area contributed by atoms with Crippen LogP contribution in [0.15, 0.2) is 12.1 Å². The molecule has 1 atom stereocenters. The first-order chi connectivity index (χ1) is 7.13. The van der Waals surface area contributed by atoms with Gasteiger partial charge in [-0.2, -0.15) is 0 Å². The van der Waals surface area contributed by atoms with Crippen molar-refractivity contribution in [2.45, 2.75) is 19.3 Å². The van der Waals surface area contributed by atoms with Crippen molar-refractivity contribution in [3.63, 3.8) is 0 Å². The zero-order chi connectivity index (χ0) is 11.0. The summed E-state index contributed by atoms with van der Waals surface area (Å²) in [5.41, 5.74) is 0.480. The van der Waals surface area contributed by atoms with Gasteiger partial charge in [0.2, 0.25) is 0 Å². The standard InChI is InChI=1S/C11H11F2NO/c1-2-6-5-14-11(15)8-3-7(12)4-9(13)10(6)8/h3-4,6H,2,5H2,1H3,(H,14,15). The summed E-state index contributed by atoms with van der Waals surface area (Å²) in [5.74, 6) is -1.78. The fraction of sp³-hybridized carbons (Fsp3) is 0.364. The predicted molar refractivity (Wildman–Crippen MR) is 51.7 cm³/mol. The monoisotopic (exact) mass is 211 g/mol. The van der Waals surface area contributed by atoms with Gasteiger partial charge in [0.25, 0.3) is 5.91 Å². The Morgan fingerprint density at radius 2 is 2.20 bits per heavy atom. The molecule has 15 heavy (non-hydrogen) atoms. The number of amides is 1. The van der Waals surface area contributed by atoms with Crippen molar-refractivity contribution in [3.05, 3.63) is 34.9 Å². The molecular formula is C11H11F2NO. The molecule has 2 nitrogen and oxygen atoms in total. The van der Waals surface area contributed by atoms with E-state index in [4.69, 9.17) is 0 Å². The van der Waals surface area contributed by atoms with Crippen LogP contribution in [0.3, 0.4) is 0 Å². The molecule has 0 radical (unpaired) electrons. The predicted octanol–water partition coefficient (Wildman–Crippen LogP) is 2.20. The summed E-state index contributed by atoms with van der Waals surface area (Å²) in [6, 6.07) is 1.93. The highest BCUT2D eigenvalue weighted by atomic mass is 19.1. The smallest absolute Gasteiger partial charge is 0.251 e. The number of fused-ring (bicyclic) bond motifs is 1. The van der Waals surface area contributed by atoms with E-state index in [9.17, 15) is 13.6 Å². The number of nitrogens with one attached hydrogen (secondary N) is 1. The van der Waals surface area contributed by atoms with Gasteiger partial charge in [-0.15, -0.1) is 0 Å². The van der Waals surface area contributed by atoms with E-state index in [1.807, 2.05) is 6.92 Å². The van der Waals surface area contributed by atoms with Gasteiger partial charge in [0.05, 0.1) is 0 Å². The minimum Gasteiger partial charge on any atom is -0.351 e. The molecule has 1 amide bonds. The summed E-state index contributed by atoms with van der Waals surface area (Å²) in [6.45, 7) is 2.33. The molecule has 0 fully saturated rings. The Balaban J connectivity index is 2.61. The molecule has 1 heterocycles. The van der Waals surface area contributed by atoms with Gasteiger partial charge in [-0.1, -0.05) is 6.92 Å². The molecule has 1 aliphatic heterocycles. The van der Waals surface area contributed by atoms with Crippen LogP contribution in [0.2, 0.25) is 0 Å². The van der Waals surface area contributed by atoms with Gasteiger partial charge in [0.1, 0.15) is 11.6 Å². The molecule has 0 saturated carbocycles. The molecule has 1 N–H and O–H groups in total. The third kappa shape index (κ3) is 1.60. The second kappa shape index (κ2) is 3.61. The van der Waals surface area contributed by atoms with E-state index in [0.717, 1.165) is 18.6 Å². The van der Waals surface area contributed by atoms with E-state index < -0.39 is 17.5 Å². The molecule has 2 rings (SSSR count). The van der Waals surface area contributed by atoms with E-state index in [2.05, 4.69) is 5.32 Å². The summed E-state index contributed by atoms with van der Waals surface area (Å²) < 4.78 is 26.5. The molecule has 0 aliphatic carbocycles. The average molecular weight is 211 g/mol. The normalized spacial score (nSPS) is 19.7. The number of carbonyl (C=O) groups excluding carboxylic acids is 1. The fourth-order valence-electron chi connectivity index (χ4n) is 1.95. The average Bonchev–Trinajstić information content (AvgIpc) is 2.19. The van der Waals surface area contributed by atoms with Crippen molar-refractivity contribution in [1.82, 2.24) is 5.32 Å². The largest absolute Gasteiger partial charge is 0.351 e. The summed E-state index contributed by atoms with van der Waals surface area (Å²) in [7, 11) is 0. The Bertz CT molecular complexity index is 417. The number of hydrogen-bond acceptors (Lipinski definition) is 1. The molecule has 0 bridgehead atoms. The van der Waals surface area contributed by atoms with Gasteiger partial charge in [0.15, 0.2) is 0 Å². The minimum atomic E-state index is -0.710. The third-order valence-electron chi connectivity index (χ3n) is 2.75. The van der Waals surface area contributed by atoms with E-state index in [1.54, 1.807) is 0 Å². The van der Waals surface area contributed by atoms with E-state index in [0.29, 0.717) is 12.1 Å². The maximum atomic E-state index is 13.5. The quantitative estimate of drug-likeness (QED) is 0.758. The Morgan fingerprint density at radius 1 is 1.47 bits per heavy atom. The van der Waals surface area contributed by atoms with Gasteiger partial charge in [-0.05, 0) is 12.5 Å². The van der Waals surface area contributed by atoms with Crippen molar-refractivity contribution < 1.29 is 13.6 Å². The van der Waals surface area contributed by atoms with Crippen LogP contribution in [0.25, 0.3) is 0 Å². The number of rotatable bonds is 1. The molecule has 0 saturated heterocycles. The zero-order valence-electron chi connectivity index (χ0n) is 8.31. The van der Waals surface area contributed by atoms with Crippen molar-refractivity contribution in [2.24, 2.45) is 0 Å². The second-order valence-corrected chi connectivity index (χ2v) is 3.66. The van der Waals surface area contributed by atoms with E-state index in [-0.39, 0.29) is 11.5 Å². The summed E-state index contributed by atoms with van der Waals surface area (Å²) in [4.78, 5) is 11.4. The highest BCUT2D eigenvalue weighted by Crippen LogP contribution is 2.29. The first-order valence-corrected chi connectivity index (χ1v) is 4.90. The Morgan fingerprint density at radius 3 is 2.87 bits per heavy atom. The van der Waals surface area contributed by atoms with Gasteiger partial charge < -0.3 is 5.32 Å². The van der Waals surface area contributed by atoms with Crippen LogP contribution in [0.4, 0.5) is 8.78 Å². The number of benzene rings is 1. The second-order valence-electron chi connectivity index (χ2n) is 3.66. The highest BCUT2D eigenvalue weighted by Gasteiger charge is 2.27. The fourth-order valence-corrected chi connectivity index (χ4v) is 1.95. The molecule has 0 spiro atoms. The molecule has 0 aromatic heterocycles. The topological polar surface area (TPSA) is 29.1 Å². The van der Waals surface area contributed by atoms with Gasteiger partial charge in [0, 0.05) is 29.7 Å².